The van der Waals surface area contributed by atoms with Crippen molar-refractivity contribution in [2.75, 3.05) is 17.7 Å². The van der Waals surface area contributed by atoms with Crippen molar-refractivity contribution >= 4 is 27.1 Å². The van der Waals surface area contributed by atoms with Crippen LogP contribution in [0.5, 0.6) is 0 Å². The van der Waals surface area contributed by atoms with Gasteiger partial charge in [-0.25, -0.2) is 21.6 Å². The van der Waals surface area contributed by atoms with Crippen LogP contribution in [0.25, 0.3) is 0 Å². The van der Waals surface area contributed by atoms with E-state index in [2.05, 4.69) is 5.32 Å². The number of nitrogens with two attached hydrogens (primary N) is 1. The van der Waals surface area contributed by atoms with E-state index in [4.69, 9.17) is 5.73 Å². The number of carbonyl (C=O) groups is 1. The van der Waals surface area contributed by atoms with Gasteiger partial charge < -0.3 is 21.3 Å². The maximum Gasteiger partial charge on any atom is 0.255 e. The van der Waals surface area contributed by atoms with Crippen LogP contribution in [0.15, 0.2) is 35.2 Å². The third kappa shape index (κ3) is 4.20. The highest BCUT2D eigenvalue weighted by atomic mass is 32.2. The molecule has 2 bridgehead atoms. The van der Waals surface area contributed by atoms with Crippen LogP contribution in [0.4, 0.5) is 24.5 Å². The maximum absolute atomic E-state index is 13.5. The smallest absolute Gasteiger partial charge is 0.255 e. The zero-order chi connectivity index (χ0) is 24.1. The lowest BCUT2D eigenvalue weighted by Gasteiger charge is -2.39. The van der Waals surface area contributed by atoms with Gasteiger partial charge in [0.25, 0.3) is 5.91 Å². The monoisotopic (exact) mass is 484 g/mol. The minimum absolute atomic E-state index is 0.0622. The number of rotatable bonds is 5. The van der Waals surface area contributed by atoms with Crippen molar-refractivity contribution in [2.45, 2.75) is 41.4 Å². The van der Waals surface area contributed by atoms with Crippen LogP contribution in [-0.4, -0.2) is 42.0 Å². The third-order valence-electron chi connectivity index (χ3n) is 6.60. The molecule has 0 heterocycles. The fourth-order valence-electron chi connectivity index (χ4n) is 5.17. The Morgan fingerprint density at radius 2 is 1.67 bits per heavy atom. The number of benzene rings is 2. The van der Waals surface area contributed by atoms with Gasteiger partial charge in [-0.15, -0.1) is 0 Å². The number of hydrogen-bond donors (Lipinski definition) is 4. The largest absolute Gasteiger partial charge is 0.398 e. The summed E-state index contributed by atoms with van der Waals surface area (Å²) in [5.74, 6) is -6.24. The summed E-state index contributed by atoms with van der Waals surface area (Å²) in [4.78, 5) is 12.4. The maximum atomic E-state index is 13.5. The first-order chi connectivity index (χ1) is 15.4. The summed E-state index contributed by atoms with van der Waals surface area (Å²) in [7, 11) is -4.00. The van der Waals surface area contributed by atoms with Gasteiger partial charge in [0.1, 0.15) is 0 Å². The summed E-state index contributed by atoms with van der Waals surface area (Å²) in [6, 6.07) is 4.82. The second kappa shape index (κ2) is 8.30. The number of carbonyl (C=O) groups excluding carboxylic acids is 1. The molecule has 0 aliphatic heterocycles. The van der Waals surface area contributed by atoms with Crippen molar-refractivity contribution in [1.82, 2.24) is 0 Å². The molecule has 2 unspecified atom stereocenters. The highest BCUT2D eigenvalue weighted by Gasteiger charge is 2.54. The molecule has 7 nitrogen and oxygen atoms in total. The molecule has 2 fully saturated rings. The van der Waals surface area contributed by atoms with Gasteiger partial charge in [0, 0.05) is 23.4 Å². The number of amides is 1. The van der Waals surface area contributed by atoms with Crippen LogP contribution in [-0.2, 0) is 9.84 Å². The molecule has 11 heteroatoms. The van der Waals surface area contributed by atoms with Crippen molar-refractivity contribution in [1.29, 1.82) is 0 Å². The Morgan fingerprint density at radius 1 is 1.09 bits per heavy atom. The van der Waals surface area contributed by atoms with Gasteiger partial charge in [-0.05, 0) is 55.7 Å². The number of fused-ring (bicyclic) bond motifs is 2. The van der Waals surface area contributed by atoms with Gasteiger partial charge in [0.2, 0.25) is 0 Å². The molecule has 2 aliphatic rings. The van der Waals surface area contributed by atoms with Gasteiger partial charge in [-0.1, -0.05) is 0 Å². The molecular formula is C22H23F3N2O5S. The van der Waals surface area contributed by atoms with E-state index >= 15 is 0 Å². The molecule has 4 atom stereocenters. The lowest BCUT2D eigenvalue weighted by atomic mass is 9.77. The number of halogens is 3. The van der Waals surface area contributed by atoms with Crippen LogP contribution in [0.3, 0.4) is 0 Å². The summed E-state index contributed by atoms with van der Waals surface area (Å²) in [5, 5.41) is 21.4. The first-order valence-electron chi connectivity index (χ1n) is 10.4. The van der Waals surface area contributed by atoms with Crippen LogP contribution < -0.4 is 11.1 Å². The molecule has 1 amide bonds. The number of aliphatic hydroxyl groups excluding tert-OH is 1. The number of nitrogen functional groups attached to an aromatic ring is 1. The highest BCUT2D eigenvalue weighted by molar-refractivity contribution is 7.92. The summed E-state index contributed by atoms with van der Waals surface area (Å²) in [6.07, 6.45) is 1.45. The van der Waals surface area contributed by atoms with Gasteiger partial charge in [0.05, 0.1) is 28.0 Å². The van der Waals surface area contributed by atoms with E-state index in [1.165, 1.54) is 12.1 Å². The molecule has 0 radical (unpaired) electrons. The summed E-state index contributed by atoms with van der Waals surface area (Å²) >= 11 is 0. The predicted octanol–water partition coefficient (Wildman–Crippen LogP) is 2.62. The predicted molar refractivity (Wildman–Crippen MR) is 114 cm³/mol. The standard InChI is InChI=1S/C22H23F3N2O5S/c23-15-6-14(7-16(24)19(15)25)27-21(29)11-3-4-17(26)18(5-11)33(31,32)20-12-1-2-13(20)9-22(30,8-12)10-28/h3-7,12-13,20,28,30H,1-2,8-10,26H2,(H,27,29)/t12-,13?,20?,22+/m0/s1. The van der Waals surface area contributed by atoms with E-state index in [9.17, 15) is 36.6 Å². The lowest BCUT2D eigenvalue weighted by molar-refractivity contribution is -0.0597. The lowest BCUT2D eigenvalue weighted by Crippen LogP contribution is -2.48. The molecule has 4 rings (SSSR count). The van der Waals surface area contributed by atoms with E-state index in [1.807, 2.05) is 0 Å². The SMILES string of the molecule is Nc1ccc(C(=O)Nc2cc(F)c(F)c(F)c2)cc1S(=O)(=O)C1C2CC[C@H]1C[C@](O)(CO)C2. The molecule has 2 saturated carbocycles. The molecule has 33 heavy (non-hydrogen) atoms. The summed E-state index contributed by atoms with van der Waals surface area (Å²) < 4.78 is 67.1. The minimum atomic E-state index is -4.00. The Kier molecular flexibility index (Phi) is 5.92. The second-order valence-corrected chi connectivity index (χ2v) is 10.9. The first kappa shape index (κ1) is 23.5. The Balaban J connectivity index is 1.63. The normalized spacial score (nSPS) is 26.9. The Morgan fingerprint density at radius 3 is 2.21 bits per heavy atom. The number of aliphatic hydroxyl groups is 2. The van der Waals surface area contributed by atoms with Crippen LogP contribution >= 0.6 is 0 Å². The average molecular weight is 484 g/mol. The van der Waals surface area contributed by atoms with E-state index in [-0.39, 0.29) is 46.5 Å². The van der Waals surface area contributed by atoms with Crippen molar-refractivity contribution in [3.63, 3.8) is 0 Å². The fraction of sp³-hybridized carbons (Fsp3) is 0.409. The van der Waals surface area contributed by atoms with E-state index < -0.39 is 50.7 Å². The van der Waals surface area contributed by atoms with E-state index in [0.717, 1.165) is 6.07 Å². The number of anilines is 2. The van der Waals surface area contributed by atoms with Crippen molar-refractivity contribution < 1.29 is 36.6 Å². The summed E-state index contributed by atoms with van der Waals surface area (Å²) in [5.41, 5.74) is 4.10. The van der Waals surface area contributed by atoms with Crippen LogP contribution in [0, 0.1) is 29.3 Å². The molecule has 178 valence electrons. The van der Waals surface area contributed by atoms with Crippen molar-refractivity contribution in [3.8, 4) is 0 Å². The molecule has 2 aromatic rings. The fourth-order valence-corrected chi connectivity index (χ4v) is 7.63. The zero-order valence-corrected chi connectivity index (χ0v) is 18.2. The topological polar surface area (TPSA) is 130 Å². The second-order valence-electron chi connectivity index (χ2n) is 8.86. The Bertz CT molecular complexity index is 1180. The van der Waals surface area contributed by atoms with Gasteiger partial charge in [-0.3, -0.25) is 4.79 Å². The Labute approximate surface area is 188 Å². The quantitative estimate of drug-likeness (QED) is 0.381. The number of sulfone groups is 1. The number of hydrogen-bond acceptors (Lipinski definition) is 6. The number of nitrogens with one attached hydrogen (secondary N) is 1. The van der Waals surface area contributed by atoms with Gasteiger partial charge in [0.15, 0.2) is 27.3 Å². The van der Waals surface area contributed by atoms with Crippen molar-refractivity contribution in [2.24, 2.45) is 11.8 Å². The summed E-state index contributed by atoms with van der Waals surface area (Å²) in [6.45, 7) is -0.449. The molecule has 0 saturated heterocycles. The third-order valence-corrected chi connectivity index (χ3v) is 9.05. The first-order valence-corrected chi connectivity index (χ1v) is 11.9. The van der Waals surface area contributed by atoms with Gasteiger partial charge in [-0.2, -0.15) is 0 Å². The molecule has 2 aliphatic carbocycles. The average Bonchev–Trinajstić information content (AvgIpc) is 3.05. The van der Waals surface area contributed by atoms with Gasteiger partial charge >= 0.3 is 0 Å². The van der Waals surface area contributed by atoms with E-state index in [1.54, 1.807) is 0 Å². The molecule has 5 N–H and O–H groups in total. The molecular weight excluding hydrogens is 461 g/mol. The van der Waals surface area contributed by atoms with Crippen molar-refractivity contribution in [3.05, 3.63) is 53.3 Å². The zero-order valence-electron chi connectivity index (χ0n) is 17.4. The van der Waals surface area contributed by atoms with Crippen LogP contribution in [0.2, 0.25) is 0 Å². The van der Waals surface area contributed by atoms with Crippen LogP contribution in [0.1, 0.15) is 36.0 Å². The highest BCUT2D eigenvalue weighted by Crippen LogP contribution is 2.51. The van der Waals surface area contributed by atoms with E-state index in [0.29, 0.717) is 25.0 Å². The molecule has 2 aromatic carbocycles. The molecule has 0 spiro atoms. The minimum Gasteiger partial charge on any atom is -0.398 e. The molecule has 0 aromatic heterocycles. The Hall–Kier alpha value is -2.63.